The quantitative estimate of drug-likeness (QED) is 0.821. The van der Waals surface area contributed by atoms with Crippen molar-refractivity contribution in [1.82, 2.24) is 4.90 Å². The van der Waals surface area contributed by atoms with Gasteiger partial charge < -0.3 is 15.3 Å². The second-order valence-corrected chi connectivity index (χ2v) is 4.44. The third-order valence-electron chi connectivity index (χ3n) is 2.13. The van der Waals surface area contributed by atoms with Gasteiger partial charge in [-0.25, -0.2) is 4.79 Å². The van der Waals surface area contributed by atoms with E-state index < -0.39 is 18.5 Å². The van der Waals surface area contributed by atoms with E-state index in [2.05, 4.69) is 11.9 Å². The number of hydrogen-bond donors (Lipinski definition) is 2. The van der Waals surface area contributed by atoms with Crippen LogP contribution >= 0.6 is 23.2 Å². The van der Waals surface area contributed by atoms with Crippen molar-refractivity contribution in [3.8, 4) is 0 Å². The maximum absolute atomic E-state index is 11.9. The Hall–Kier alpha value is -1.72. The van der Waals surface area contributed by atoms with E-state index in [0.717, 1.165) is 4.90 Å². The lowest BCUT2D eigenvalue weighted by atomic mass is 10.3. The first-order chi connectivity index (χ1) is 8.93. The van der Waals surface area contributed by atoms with Crippen molar-refractivity contribution in [2.45, 2.75) is 0 Å². The van der Waals surface area contributed by atoms with E-state index in [1.165, 1.54) is 18.2 Å². The van der Waals surface area contributed by atoms with Crippen molar-refractivity contribution in [2.24, 2.45) is 0 Å². The average Bonchev–Trinajstić information content (AvgIpc) is 2.33. The minimum absolute atomic E-state index is 0.124. The smallest absolute Gasteiger partial charge is 0.323 e. The lowest BCUT2D eigenvalue weighted by molar-refractivity contribution is -0.137. The highest BCUT2D eigenvalue weighted by molar-refractivity contribution is 6.42. The molecular formula is C12H12Cl2N2O3. The summed E-state index contributed by atoms with van der Waals surface area (Å²) in [5, 5.41) is 11.9. The van der Waals surface area contributed by atoms with Gasteiger partial charge in [0.15, 0.2) is 0 Å². The molecule has 2 N–H and O–H groups in total. The van der Waals surface area contributed by atoms with Gasteiger partial charge in [0.25, 0.3) is 0 Å². The van der Waals surface area contributed by atoms with Crippen molar-refractivity contribution in [3.63, 3.8) is 0 Å². The predicted octanol–water partition coefficient (Wildman–Crippen LogP) is 3.10. The first-order valence-corrected chi connectivity index (χ1v) is 6.03. The van der Waals surface area contributed by atoms with Crippen LogP contribution in [0.4, 0.5) is 10.5 Å². The lowest BCUT2D eigenvalue weighted by Crippen LogP contribution is -2.38. The molecule has 2 amide bonds. The molecule has 0 fully saturated rings. The molecule has 7 heteroatoms. The highest BCUT2D eigenvalue weighted by Gasteiger charge is 2.15. The van der Waals surface area contributed by atoms with Gasteiger partial charge in [-0.05, 0) is 18.2 Å². The zero-order valence-corrected chi connectivity index (χ0v) is 11.4. The number of urea groups is 1. The van der Waals surface area contributed by atoms with Crippen molar-refractivity contribution in [2.75, 3.05) is 18.4 Å². The molecule has 1 rings (SSSR count). The normalized spacial score (nSPS) is 9.79. The number of hydrogen-bond acceptors (Lipinski definition) is 2. The number of nitrogens with one attached hydrogen (secondary N) is 1. The maximum Gasteiger partial charge on any atom is 0.323 e. The summed E-state index contributed by atoms with van der Waals surface area (Å²) in [5.74, 6) is -1.11. The fourth-order valence-corrected chi connectivity index (χ4v) is 1.61. The highest BCUT2D eigenvalue weighted by Crippen LogP contribution is 2.25. The van der Waals surface area contributed by atoms with Crippen molar-refractivity contribution in [1.29, 1.82) is 0 Å². The number of aliphatic carboxylic acids is 1. The fourth-order valence-electron chi connectivity index (χ4n) is 1.31. The Labute approximate surface area is 120 Å². The molecule has 0 aliphatic heterocycles. The molecule has 0 bridgehead atoms. The van der Waals surface area contributed by atoms with Crippen LogP contribution in [0.2, 0.25) is 10.0 Å². The summed E-state index contributed by atoms with van der Waals surface area (Å²) in [6, 6.07) is 4.03. The molecule has 0 heterocycles. The number of carboxylic acid groups (broad SMARTS) is 1. The zero-order valence-electron chi connectivity index (χ0n) is 9.90. The minimum atomic E-state index is -1.11. The van der Waals surface area contributed by atoms with E-state index in [4.69, 9.17) is 28.3 Å². The summed E-state index contributed by atoms with van der Waals surface area (Å²) in [6.45, 7) is 3.18. The predicted molar refractivity (Wildman–Crippen MR) is 74.9 cm³/mol. The van der Waals surface area contributed by atoms with Crippen LogP contribution in [-0.4, -0.2) is 35.1 Å². The van der Waals surface area contributed by atoms with Crippen LogP contribution in [0.15, 0.2) is 30.9 Å². The summed E-state index contributed by atoms with van der Waals surface area (Å²) < 4.78 is 0. The van der Waals surface area contributed by atoms with E-state index in [9.17, 15) is 9.59 Å². The monoisotopic (exact) mass is 302 g/mol. The Kier molecular flexibility index (Phi) is 5.66. The van der Waals surface area contributed by atoms with Crippen molar-refractivity contribution in [3.05, 3.63) is 40.9 Å². The van der Waals surface area contributed by atoms with Gasteiger partial charge in [0.2, 0.25) is 0 Å². The molecule has 0 aromatic heterocycles. The van der Waals surface area contributed by atoms with Crippen LogP contribution in [0.3, 0.4) is 0 Å². The Morgan fingerprint density at radius 3 is 2.58 bits per heavy atom. The third-order valence-corrected chi connectivity index (χ3v) is 2.87. The summed E-state index contributed by atoms with van der Waals surface area (Å²) in [7, 11) is 0. The number of carbonyl (C=O) groups is 2. The second kappa shape index (κ2) is 7.01. The summed E-state index contributed by atoms with van der Waals surface area (Å²) in [6.07, 6.45) is 1.44. The topological polar surface area (TPSA) is 69.6 Å². The average molecular weight is 303 g/mol. The van der Waals surface area contributed by atoms with Gasteiger partial charge in [0.1, 0.15) is 6.54 Å². The zero-order chi connectivity index (χ0) is 14.4. The van der Waals surface area contributed by atoms with Gasteiger partial charge in [0.05, 0.1) is 10.0 Å². The summed E-state index contributed by atoms with van der Waals surface area (Å²) >= 11 is 11.6. The van der Waals surface area contributed by atoms with Crippen LogP contribution in [0, 0.1) is 0 Å². The van der Waals surface area contributed by atoms with Gasteiger partial charge in [-0.15, -0.1) is 6.58 Å². The van der Waals surface area contributed by atoms with Crippen molar-refractivity contribution >= 4 is 40.9 Å². The lowest BCUT2D eigenvalue weighted by Gasteiger charge is -2.19. The molecule has 19 heavy (non-hydrogen) atoms. The van der Waals surface area contributed by atoms with Gasteiger partial charge >= 0.3 is 12.0 Å². The second-order valence-electron chi connectivity index (χ2n) is 3.62. The number of anilines is 1. The van der Waals surface area contributed by atoms with Gasteiger partial charge in [-0.2, -0.15) is 0 Å². The molecule has 1 aromatic carbocycles. The molecule has 102 valence electrons. The highest BCUT2D eigenvalue weighted by atomic mass is 35.5. The largest absolute Gasteiger partial charge is 0.480 e. The molecule has 0 saturated heterocycles. The number of carboxylic acids is 1. The molecule has 0 atom stereocenters. The molecule has 0 unspecified atom stereocenters. The standard InChI is InChI=1S/C12H12Cl2N2O3/c1-2-5-16(7-11(17)18)12(19)15-8-3-4-9(13)10(14)6-8/h2-4,6H,1,5,7H2,(H,15,19)(H,17,18). The molecule has 1 aromatic rings. The molecule has 0 aliphatic rings. The first-order valence-electron chi connectivity index (χ1n) is 5.27. The van der Waals surface area contributed by atoms with Crippen LogP contribution in [0.25, 0.3) is 0 Å². The summed E-state index contributed by atoms with van der Waals surface area (Å²) in [5.41, 5.74) is 0.429. The van der Waals surface area contributed by atoms with Gasteiger partial charge in [-0.3, -0.25) is 4.79 Å². The van der Waals surface area contributed by atoms with Crippen molar-refractivity contribution < 1.29 is 14.7 Å². The SMILES string of the molecule is C=CCN(CC(=O)O)C(=O)Nc1ccc(Cl)c(Cl)c1. The number of halogens is 2. The third kappa shape index (κ3) is 4.81. The van der Waals surface area contributed by atoms with E-state index in [0.29, 0.717) is 15.7 Å². The Bertz CT molecular complexity index is 506. The maximum atomic E-state index is 11.9. The molecule has 0 spiro atoms. The van der Waals surface area contributed by atoms with Crippen LogP contribution in [0.5, 0.6) is 0 Å². The number of amides is 2. The number of benzene rings is 1. The number of carbonyl (C=O) groups excluding carboxylic acids is 1. The summed E-state index contributed by atoms with van der Waals surface area (Å²) in [4.78, 5) is 23.6. The molecular weight excluding hydrogens is 291 g/mol. The Morgan fingerprint density at radius 2 is 2.05 bits per heavy atom. The van der Waals surface area contributed by atoms with E-state index in [1.807, 2.05) is 0 Å². The molecule has 5 nitrogen and oxygen atoms in total. The number of nitrogens with zero attached hydrogens (tertiary/aromatic N) is 1. The van der Waals surface area contributed by atoms with E-state index in [-0.39, 0.29) is 6.54 Å². The van der Waals surface area contributed by atoms with E-state index in [1.54, 1.807) is 6.07 Å². The molecule has 0 radical (unpaired) electrons. The van der Waals surface area contributed by atoms with Crippen LogP contribution in [0.1, 0.15) is 0 Å². The minimum Gasteiger partial charge on any atom is -0.480 e. The van der Waals surface area contributed by atoms with Gasteiger partial charge in [0, 0.05) is 12.2 Å². The first kappa shape index (κ1) is 15.3. The van der Waals surface area contributed by atoms with Crippen LogP contribution in [-0.2, 0) is 4.79 Å². The van der Waals surface area contributed by atoms with Crippen LogP contribution < -0.4 is 5.32 Å². The molecule has 0 saturated carbocycles. The van der Waals surface area contributed by atoms with E-state index >= 15 is 0 Å². The Morgan fingerprint density at radius 1 is 1.37 bits per heavy atom. The molecule has 0 aliphatic carbocycles. The Balaban J connectivity index is 2.77. The van der Waals surface area contributed by atoms with Gasteiger partial charge in [-0.1, -0.05) is 29.3 Å². The number of rotatable bonds is 5. The fraction of sp³-hybridized carbons (Fsp3) is 0.167.